The van der Waals surface area contributed by atoms with Crippen molar-refractivity contribution in [2.75, 3.05) is 25.0 Å². The summed E-state index contributed by atoms with van der Waals surface area (Å²) >= 11 is 0. The number of anilines is 1. The van der Waals surface area contributed by atoms with Crippen molar-refractivity contribution in [3.05, 3.63) is 52.8 Å². The molecule has 27 heavy (non-hydrogen) atoms. The monoisotopic (exact) mass is 367 g/mol. The van der Waals surface area contributed by atoms with E-state index >= 15 is 0 Å². The summed E-state index contributed by atoms with van der Waals surface area (Å²) in [7, 11) is 0. The number of nitrogens with zero attached hydrogens (tertiary/aromatic N) is 6. The molecule has 0 aromatic carbocycles. The van der Waals surface area contributed by atoms with Gasteiger partial charge in [-0.15, -0.1) is 0 Å². The Morgan fingerprint density at radius 2 is 2.19 bits per heavy atom. The molecule has 4 rings (SSSR count). The van der Waals surface area contributed by atoms with Crippen molar-refractivity contribution in [3.63, 3.8) is 0 Å². The molecule has 0 saturated carbocycles. The molecule has 1 N–H and O–H groups in total. The number of piperidine rings is 1. The van der Waals surface area contributed by atoms with Gasteiger partial charge in [-0.25, -0.2) is 14.2 Å². The van der Waals surface area contributed by atoms with E-state index in [1.807, 2.05) is 23.7 Å². The SMILES string of the molecule is Cc1cc2c(NCC3CCCCN3CCn3ncccc3=O)nccn2n1. The summed E-state index contributed by atoms with van der Waals surface area (Å²) in [5.41, 5.74) is 1.93. The third-order valence-corrected chi connectivity index (χ3v) is 5.15. The number of likely N-dealkylation sites (tertiary alicyclic amines) is 1. The molecule has 8 nitrogen and oxygen atoms in total. The van der Waals surface area contributed by atoms with Gasteiger partial charge in [0, 0.05) is 43.8 Å². The number of hydrogen-bond donors (Lipinski definition) is 1. The first kappa shape index (κ1) is 17.7. The fraction of sp³-hybridized carbons (Fsp3) is 0.474. The van der Waals surface area contributed by atoms with Gasteiger partial charge in [0.2, 0.25) is 0 Å². The van der Waals surface area contributed by atoms with E-state index in [9.17, 15) is 4.79 Å². The number of rotatable bonds is 6. The molecule has 3 aromatic heterocycles. The Hall–Kier alpha value is -2.74. The van der Waals surface area contributed by atoms with E-state index in [1.165, 1.54) is 17.5 Å². The van der Waals surface area contributed by atoms with Crippen LogP contribution in [0.2, 0.25) is 0 Å². The number of aryl methyl sites for hydroxylation is 1. The van der Waals surface area contributed by atoms with Crippen LogP contribution in [0, 0.1) is 6.92 Å². The van der Waals surface area contributed by atoms with Gasteiger partial charge in [0.25, 0.3) is 5.56 Å². The molecule has 0 spiro atoms. The largest absolute Gasteiger partial charge is 0.367 e. The lowest BCUT2D eigenvalue weighted by molar-refractivity contribution is 0.148. The van der Waals surface area contributed by atoms with Gasteiger partial charge in [-0.3, -0.25) is 9.69 Å². The molecule has 1 atom stereocenters. The molecule has 1 fully saturated rings. The van der Waals surface area contributed by atoms with Crippen LogP contribution in [0.1, 0.15) is 25.0 Å². The van der Waals surface area contributed by atoms with Crippen LogP contribution in [0.15, 0.2) is 41.6 Å². The lowest BCUT2D eigenvalue weighted by atomic mass is 10.0. The smallest absolute Gasteiger partial charge is 0.266 e. The topological polar surface area (TPSA) is 80.4 Å². The molecule has 1 aliphatic heterocycles. The zero-order chi connectivity index (χ0) is 18.6. The second-order valence-electron chi connectivity index (χ2n) is 7.04. The van der Waals surface area contributed by atoms with Crippen LogP contribution in [-0.4, -0.2) is 55.0 Å². The lowest BCUT2D eigenvalue weighted by Crippen LogP contribution is -2.45. The Labute approximate surface area is 157 Å². The first-order valence-electron chi connectivity index (χ1n) is 9.52. The van der Waals surface area contributed by atoms with E-state index in [2.05, 4.69) is 25.4 Å². The Morgan fingerprint density at radius 1 is 1.26 bits per heavy atom. The minimum Gasteiger partial charge on any atom is -0.367 e. The maximum atomic E-state index is 11.9. The maximum absolute atomic E-state index is 11.9. The molecule has 142 valence electrons. The van der Waals surface area contributed by atoms with Crippen molar-refractivity contribution in [1.82, 2.24) is 29.3 Å². The highest BCUT2D eigenvalue weighted by molar-refractivity contribution is 5.67. The Balaban J connectivity index is 1.41. The predicted octanol–water partition coefficient (Wildman–Crippen LogP) is 1.56. The standard InChI is InChI=1S/C19H25N7O/c1-15-13-17-19(20-8-10-25(17)23-15)21-14-16-5-2-3-9-24(16)11-12-26-18(27)6-4-7-22-26/h4,6-8,10,13,16H,2-3,5,9,11-12,14H2,1H3,(H,20,21). The lowest BCUT2D eigenvalue weighted by Gasteiger charge is -2.35. The summed E-state index contributed by atoms with van der Waals surface area (Å²) in [6.07, 6.45) is 8.88. The molecule has 0 amide bonds. The molecule has 1 saturated heterocycles. The average molecular weight is 367 g/mol. The van der Waals surface area contributed by atoms with E-state index in [0.717, 1.165) is 43.1 Å². The van der Waals surface area contributed by atoms with Gasteiger partial charge in [-0.2, -0.15) is 10.2 Å². The van der Waals surface area contributed by atoms with Crippen molar-refractivity contribution >= 4 is 11.3 Å². The Bertz CT molecular complexity index is 964. The molecular weight excluding hydrogens is 342 g/mol. The number of hydrogen-bond acceptors (Lipinski definition) is 6. The zero-order valence-corrected chi connectivity index (χ0v) is 15.6. The molecule has 1 unspecified atom stereocenters. The summed E-state index contributed by atoms with van der Waals surface area (Å²) in [6.45, 7) is 5.31. The highest BCUT2D eigenvalue weighted by Gasteiger charge is 2.22. The predicted molar refractivity (Wildman–Crippen MR) is 104 cm³/mol. The number of nitrogens with one attached hydrogen (secondary N) is 1. The van der Waals surface area contributed by atoms with Crippen LogP contribution in [0.25, 0.3) is 5.52 Å². The molecule has 1 aliphatic rings. The van der Waals surface area contributed by atoms with Gasteiger partial charge in [-0.1, -0.05) is 6.42 Å². The maximum Gasteiger partial charge on any atom is 0.266 e. The van der Waals surface area contributed by atoms with Crippen molar-refractivity contribution in [2.24, 2.45) is 0 Å². The second-order valence-corrected chi connectivity index (χ2v) is 7.04. The van der Waals surface area contributed by atoms with Crippen LogP contribution in [0.5, 0.6) is 0 Å². The van der Waals surface area contributed by atoms with Crippen LogP contribution in [0.4, 0.5) is 5.82 Å². The molecule has 0 bridgehead atoms. The average Bonchev–Trinajstić information content (AvgIpc) is 3.07. The van der Waals surface area contributed by atoms with Gasteiger partial charge >= 0.3 is 0 Å². The summed E-state index contributed by atoms with van der Waals surface area (Å²) in [6, 6.07) is 5.70. The zero-order valence-electron chi connectivity index (χ0n) is 15.6. The molecule has 8 heteroatoms. The van der Waals surface area contributed by atoms with E-state index in [0.29, 0.717) is 12.6 Å². The van der Waals surface area contributed by atoms with Gasteiger partial charge in [0.1, 0.15) is 5.52 Å². The first-order chi connectivity index (χ1) is 13.2. The van der Waals surface area contributed by atoms with Gasteiger partial charge in [-0.05, 0) is 38.4 Å². The number of fused-ring (bicyclic) bond motifs is 1. The summed E-state index contributed by atoms with van der Waals surface area (Å²) < 4.78 is 3.40. The minimum absolute atomic E-state index is 0.0452. The molecule has 0 aliphatic carbocycles. The third-order valence-electron chi connectivity index (χ3n) is 5.15. The fourth-order valence-corrected chi connectivity index (χ4v) is 3.76. The van der Waals surface area contributed by atoms with Crippen LogP contribution in [0.3, 0.4) is 0 Å². The van der Waals surface area contributed by atoms with E-state index < -0.39 is 0 Å². The molecule has 0 radical (unpaired) electrons. The van der Waals surface area contributed by atoms with Gasteiger partial charge in [0.15, 0.2) is 5.82 Å². The van der Waals surface area contributed by atoms with Crippen molar-refractivity contribution < 1.29 is 0 Å². The fourth-order valence-electron chi connectivity index (χ4n) is 3.76. The quantitative estimate of drug-likeness (QED) is 0.712. The number of aromatic nitrogens is 5. The van der Waals surface area contributed by atoms with Crippen molar-refractivity contribution in [1.29, 1.82) is 0 Å². The van der Waals surface area contributed by atoms with Gasteiger partial charge in [0.05, 0.1) is 12.2 Å². The summed E-state index contributed by atoms with van der Waals surface area (Å²) in [5.74, 6) is 0.865. The van der Waals surface area contributed by atoms with E-state index in [1.54, 1.807) is 24.5 Å². The Morgan fingerprint density at radius 3 is 3.07 bits per heavy atom. The summed E-state index contributed by atoms with van der Waals surface area (Å²) in [5, 5.41) is 12.1. The highest BCUT2D eigenvalue weighted by atomic mass is 16.1. The Kier molecular flexibility index (Phi) is 5.15. The third kappa shape index (κ3) is 4.00. The normalized spacial score (nSPS) is 18.0. The van der Waals surface area contributed by atoms with Crippen LogP contribution in [-0.2, 0) is 6.54 Å². The van der Waals surface area contributed by atoms with Crippen LogP contribution < -0.4 is 10.9 Å². The highest BCUT2D eigenvalue weighted by Crippen LogP contribution is 2.19. The van der Waals surface area contributed by atoms with E-state index in [4.69, 9.17) is 0 Å². The molecular formula is C19H25N7O. The van der Waals surface area contributed by atoms with Crippen molar-refractivity contribution in [3.8, 4) is 0 Å². The second kappa shape index (κ2) is 7.87. The summed E-state index contributed by atoms with van der Waals surface area (Å²) in [4.78, 5) is 18.8. The van der Waals surface area contributed by atoms with Crippen LogP contribution >= 0.6 is 0 Å². The van der Waals surface area contributed by atoms with Crippen molar-refractivity contribution in [2.45, 2.75) is 38.8 Å². The first-order valence-corrected chi connectivity index (χ1v) is 9.52. The van der Waals surface area contributed by atoms with E-state index in [-0.39, 0.29) is 5.56 Å². The minimum atomic E-state index is -0.0452. The van der Waals surface area contributed by atoms with Gasteiger partial charge < -0.3 is 5.32 Å². The molecule has 3 aromatic rings. The molecule has 4 heterocycles.